The first-order chi connectivity index (χ1) is 10.2. The van der Waals surface area contributed by atoms with Crippen molar-refractivity contribution in [3.05, 3.63) is 0 Å². The third-order valence-corrected chi connectivity index (χ3v) is 4.62. The van der Waals surface area contributed by atoms with E-state index < -0.39 is 0 Å². The minimum Gasteiger partial charge on any atom is -0.870 e. The third-order valence-electron chi connectivity index (χ3n) is 4.62. The molecular weight excluding hydrogens is 288 g/mol. The summed E-state index contributed by atoms with van der Waals surface area (Å²) in [6.07, 6.45) is 15.7. The fraction of sp³-hybridized carbons (Fsp3) is 1.00. The zero-order valence-corrected chi connectivity index (χ0v) is 16.5. The highest BCUT2D eigenvalue weighted by molar-refractivity contribution is 4.43. The first-order valence-electron chi connectivity index (χ1n) is 9.83. The number of hydrogen-bond donors (Lipinski definition) is 2. The maximum atomic E-state index is 2.28. The number of quaternary nitrogens is 2. The van der Waals surface area contributed by atoms with Crippen molar-refractivity contribution in [1.29, 1.82) is 0 Å². The summed E-state index contributed by atoms with van der Waals surface area (Å²) in [7, 11) is 4.55. The van der Waals surface area contributed by atoms with E-state index in [-0.39, 0.29) is 11.0 Å². The molecule has 23 heavy (non-hydrogen) atoms. The zero-order valence-electron chi connectivity index (χ0n) is 16.5. The maximum Gasteiger partial charge on any atom is 0.0768 e. The average Bonchev–Trinajstić information content (AvgIpc) is 2.51. The molecule has 0 radical (unpaired) electrons. The summed E-state index contributed by atoms with van der Waals surface area (Å²) in [5.41, 5.74) is 0. The third kappa shape index (κ3) is 21.8. The van der Waals surface area contributed by atoms with Gasteiger partial charge in [0, 0.05) is 0 Å². The molecule has 0 saturated carbocycles. The molecule has 0 amide bonds. The van der Waals surface area contributed by atoms with Crippen LogP contribution in [0.4, 0.5) is 0 Å². The van der Waals surface area contributed by atoms with E-state index in [0.29, 0.717) is 0 Å². The Labute approximate surface area is 146 Å². The van der Waals surface area contributed by atoms with Gasteiger partial charge >= 0.3 is 0 Å². The van der Waals surface area contributed by atoms with E-state index in [1.165, 1.54) is 96.8 Å². The van der Waals surface area contributed by atoms with Crippen molar-refractivity contribution in [3.63, 3.8) is 0 Å². The maximum absolute atomic E-state index is 2.28. The second-order valence-electron chi connectivity index (χ2n) is 7.10. The van der Waals surface area contributed by atoms with Crippen LogP contribution in [0.15, 0.2) is 0 Å². The molecule has 0 unspecified atom stereocenters. The van der Waals surface area contributed by atoms with E-state index in [1.807, 2.05) is 0 Å². The normalized spacial score (nSPS) is 18.3. The highest BCUT2D eigenvalue weighted by atomic mass is 16.0. The van der Waals surface area contributed by atoms with Crippen molar-refractivity contribution in [2.45, 2.75) is 84.5 Å². The molecule has 0 bridgehead atoms. The molecule has 4 N–H and O–H groups in total. The summed E-state index contributed by atoms with van der Waals surface area (Å²) < 4.78 is 0. The average molecular weight is 335 g/mol. The fourth-order valence-electron chi connectivity index (χ4n) is 2.99. The zero-order chi connectivity index (χ0) is 15.8. The van der Waals surface area contributed by atoms with E-state index in [0.717, 1.165) is 0 Å². The Morgan fingerprint density at radius 1 is 0.522 bits per heavy atom. The van der Waals surface area contributed by atoms with Gasteiger partial charge in [0.25, 0.3) is 0 Å². The van der Waals surface area contributed by atoms with Crippen LogP contribution >= 0.6 is 0 Å². The van der Waals surface area contributed by atoms with Crippen LogP contribution in [0.25, 0.3) is 0 Å². The standard InChI is InChI=1S/C7H16.2C6H13N.2H2O/c1-3-5-7-6-4-2;2*1-7-5-3-2-4-6-7;;/h3-7H2,1-2H3;2*2-6H2,1H3;2*1H2. The van der Waals surface area contributed by atoms with Gasteiger partial charge < -0.3 is 20.8 Å². The lowest BCUT2D eigenvalue weighted by molar-refractivity contribution is -0.884. The Morgan fingerprint density at radius 3 is 1.00 bits per heavy atom. The number of rotatable bonds is 4. The Balaban J connectivity index is -0.000000250. The van der Waals surface area contributed by atoms with Crippen LogP contribution in [-0.2, 0) is 0 Å². The lowest BCUT2D eigenvalue weighted by Crippen LogP contribution is -3.09. The van der Waals surface area contributed by atoms with Crippen molar-refractivity contribution in [2.75, 3.05) is 40.3 Å². The molecule has 0 spiro atoms. The molecule has 2 aliphatic heterocycles. The van der Waals surface area contributed by atoms with Crippen LogP contribution in [0.2, 0.25) is 0 Å². The minimum atomic E-state index is 0. The van der Waals surface area contributed by atoms with Crippen LogP contribution in [0.3, 0.4) is 0 Å². The van der Waals surface area contributed by atoms with Crippen LogP contribution in [0, 0.1) is 0 Å². The quantitative estimate of drug-likeness (QED) is 0.772. The Hall–Kier alpha value is -0.160. The second-order valence-corrected chi connectivity index (χ2v) is 7.10. The number of piperidine rings is 2. The van der Waals surface area contributed by atoms with Gasteiger partial charge in [0.05, 0.1) is 40.3 Å². The minimum absolute atomic E-state index is 0. The molecule has 2 saturated heterocycles. The summed E-state index contributed by atoms with van der Waals surface area (Å²) in [5.74, 6) is 0. The van der Waals surface area contributed by atoms with Gasteiger partial charge in [0.1, 0.15) is 0 Å². The number of likely N-dealkylation sites (tertiary alicyclic amines) is 2. The molecule has 2 rings (SSSR count). The molecule has 0 atom stereocenters. The molecule has 0 aromatic heterocycles. The molecule has 4 heteroatoms. The SMILES string of the molecule is CCCCCCC.C[NH+]1CCCCC1.C[NH+]1CCCCC1.[OH-].[OH-]. The topological polar surface area (TPSA) is 68.9 Å². The van der Waals surface area contributed by atoms with Gasteiger partial charge in [-0.3, -0.25) is 0 Å². The van der Waals surface area contributed by atoms with Gasteiger partial charge in [-0.1, -0.05) is 46.0 Å². The van der Waals surface area contributed by atoms with E-state index in [9.17, 15) is 0 Å². The van der Waals surface area contributed by atoms with E-state index >= 15 is 0 Å². The fourth-order valence-corrected chi connectivity index (χ4v) is 2.99. The lowest BCUT2D eigenvalue weighted by Gasteiger charge is -2.17. The second kappa shape index (κ2) is 21.8. The van der Waals surface area contributed by atoms with Gasteiger partial charge in [-0.05, 0) is 38.5 Å². The van der Waals surface area contributed by atoms with Crippen LogP contribution in [0.5, 0.6) is 0 Å². The summed E-state index contributed by atoms with van der Waals surface area (Å²) in [6, 6.07) is 0. The predicted octanol–water partition coefficient (Wildman–Crippen LogP) is 1.99. The van der Waals surface area contributed by atoms with Gasteiger partial charge in [-0.15, -0.1) is 0 Å². The van der Waals surface area contributed by atoms with Crippen molar-refractivity contribution < 1.29 is 20.8 Å². The van der Waals surface area contributed by atoms with E-state index in [1.54, 1.807) is 9.80 Å². The van der Waals surface area contributed by atoms with E-state index in [4.69, 9.17) is 0 Å². The Morgan fingerprint density at radius 2 is 0.826 bits per heavy atom. The number of unbranched alkanes of at least 4 members (excludes halogenated alkanes) is 4. The molecule has 2 fully saturated rings. The van der Waals surface area contributed by atoms with Gasteiger partial charge in [0.15, 0.2) is 0 Å². The summed E-state index contributed by atoms with van der Waals surface area (Å²) in [5, 5.41) is 0. The van der Waals surface area contributed by atoms with Crippen molar-refractivity contribution in [3.8, 4) is 0 Å². The summed E-state index contributed by atoms with van der Waals surface area (Å²) in [6.45, 7) is 10.1. The molecule has 2 aliphatic rings. The smallest absolute Gasteiger partial charge is 0.0768 e. The number of nitrogens with one attached hydrogen (secondary N) is 2. The highest BCUT2D eigenvalue weighted by Gasteiger charge is 2.06. The van der Waals surface area contributed by atoms with Crippen molar-refractivity contribution >= 4 is 0 Å². The highest BCUT2D eigenvalue weighted by Crippen LogP contribution is 2.00. The lowest BCUT2D eigenvalue weighted by atomic mass is 10.1. The van der Waals surface area contributed by atoms with Gasteiger partial charge in [-0.25, -0.2) is 0 Å². The summed E-state index contributed by atoms with van der Waals surface area (Å²) in [4.78, 5) is 3.43. The molecule has 2 heterocycles. The van der Waals surface area contributed by atoms with Gasteiger partial charge in [0.2, 0.25) is 0 Å². The molecular formula is C19H46N2O2. The largest absolute Gasteiger partial charge is 0.870 e. The molecule has 0 aromatic carbocycles. The van der Waals surface area contributed by atoms with Crippen molar-refractivity contribution in [2.24, 2.45) is 0 Å². The molecule has 144 valence electrons. The van der Waals surface area contributed by atoms with Crippen LogP contribution < -0.4 is 9.80 Å². The predicted molar refractivity (Wildman–Crippen MR) is 99.2 cm³/mol. The Kier molecular flexibility index (Phi) is 26.3. The Bertz CT molecular complexity index is 172. The van der Waals surface area contributed by atoms with Gasteiger partial charge in [-0.2, -0.15) is 0 Å². The summed E-state index contributed by atoms with van der Waals surface area (Å²) >= 11 is 0. The van der Waals surface area contributed by atoms with Crippen molar-refractivity contribution in [1.82, 2.24) is 0 Å². The van der Waals surface area contributed by atoms with Crippen LogP contribution in [0.1, 0.15) is 84.5 Å². The first kappa shape index (κ1) is 27.7. The monoisotopic (exact) mass is 334 g/mol. The molecule has 0 aliphatic carbocycles. The first-order valence-corrected chi connectivity index (χ1v) is 9.83. The van der Waals surface area contributed by atoms with Crippen LogP contribution in [-0.4, -0.2) is 51.2 Å². The molecule has 4 nitrogen and oxygen atoms in total. The number of hydrogen-bond acceptors (Lipinski definition) is 2. The molecule has 0 aromatic rings. The van der Waals surface area contributed by atoms with E-state index in [2.05, 4.69) is 27.9 Å².